The van der Waals surface area contributed by atoms with Crippen LogP contribution in [0.25, 0.3) is 0 Å². The van der Waals surface area contributed by atoms with Crippen molar-refractivity contribution in [2.75, 3.05) is 19.5 Å². The second-order valence-electron chi connectivity index (χ2n) is 5.24. The normalized spacial score (nSPS) is 23.2. The van der Waals surface area contributed by atoms with Gasteiger partial charge in [0, 0.05) is 23.6 Å². The number of carbonyl (C=O) groups excluding carboxylic acids is 2. The van der Waals surface area contributed by atoms with Crippen LogP contribution in [0.4, 0.5) is 0 Å². The summed E-state index contributed by atoms with van der Waals surface area (Å²) in [7, 11) is 1.30. The number of hydrogen-bond acceptors (Lipinski definition) is 6. The fourth-order valence-electron chi connectivity index (χ4n) is 2.77. The Bertz CT molecular complexity index is 651. The largest absolute Gasteiger partial charge is 0.466 e. The minimum atomic E-state index is -0.618. The van der Waals surface area contributed by atoms with Crippen molar-refractivity contribution < 1.29 is 19.1 Å². The third-order valence-electron chi connectivity index (χ3n) is 3.86. The maximum Gasteiger partial charge on any atom is 0.336 e. The molecule has 24 heavy (non-hydrogen) atoms. The van der Waals surface area contributed by atoms with Crippen LogP contribution in [0.2, 0.25) is 0 Å². The predicted octanol–water partition coefficient (Wildman–Crippen LogP) is 2.50. The van der Waals surface area contributed by atoms with Gasteiger partial charge in [-0.15, -0.1) is 11.6 Å². The van der Waals surface area contributed by atoms with E-state index in [0.29, 0.717) is 29.0 Å². The first-order valence-electron chi connectivity index (χ1n) is 7.61. The highest BCUT2D eigenvalue weighted by Crippen LogP contribution is 2.39. The number of carbonyl (C=O) groups is 2. The molecule has 2 unspecified atom stereocenters. The lowest BCUT2D eigenvalue weighted by atomic mass is 9.78. The van der Waals surface area contributed by atoms with Gasteiger partial charge in [0.05, 0.1) is 30.2 Å². The van der Waals surface area contributed by atoms with Crippen LogP contribution in [0.3, 0.4) is 0 Å². The summed E-state index contributed by atoms with van der Waals surface area (Å²) >= 11 is 10.7. The van der Waals surface area contributed by atoms with E-state index in [9.17, 15) is 9.59 Å². The summed E-state index contributed by atoms with van der Waals surface area (Å²) in [6, 6.07) is 0. The Labute approximate surface area is 151 Å². The molecule has 7 heteroatoms. The fraction of sp³-hybridized carbons (Fsp3) is 0.412. The van der Waals surface area contributed by atoms with Gasteiger partial charge in [0.2, 0.25) is 0 Å². The topological polar surface area (TPSA) is 64.6 Å². The Morgan fingerprint density at radius 2 is 2.17 bits per heavy atom. The van der Waals surface area contributed by atoms with E-state index in [1.165, 1.54) is 7.11 Å². The molecule has 0 aromatic carbocycles. The molecule has 1 aliphatic carbocycles. The van der Waals surface area contributed by atoms with Crippen molar-refractivity contribution in [3.63, 3.8) is 0 Å². The van der Waals surface area contributed by atoms with E-state index < -0.39 is 17.9 Å². The van der Waals surface area contributed by atoms with Gasteiger partial charge in [-0.05, 0) is 18.9 Å². The number of methoxy groups -OCH3 is 1. The molecule has 0 radical (unpaired) electrons. The average Bonchev–Trinajstić information content (AvgIpc) is 2.60. The molecule has 130 valence electrons. The number of esters is 2. The Kier molecular flexibility index (Phi) is 6.57. The van der Waals surface area contributed by atoms with E-state index in [1.54, 1.807) is 13.1 Å². The van der Waals surface area contributed by atoms with Crippen molar-refractivity contribution >= 4 is 36.2 Å². The molecule has 2 aliphatic rings. The number of ether oxygens (including phenoxy) is 2. The van der Waals surface area contributed by atoms with Crippen molar-refractivity contribution in [2.45, 2.75) is 18.7 Å². The van der Waals surface area contributed by atoms with E-state index in [4.69, 9.17) is 21.1 Å². The average molecular weight is 370 g/mol. The lowest BCUT2D eigenvalue weighted by molar-refractivity contribution is -0.139. The predicted molar refractivity (Wildman–Crippen MR) is 95.7 cm³/mol. The molecule has 5 nitrogen and oxygen atoms in total. The molecule has 2 atom stereocenters. The Morgan fingerprint density at radius 3 is 2.75 bits per heavy atom. The second-order valence-corrected chi connectivity index (χ2v) is 6.08. The zero-order valence-corrected chi connectivity index (χ0v) is 15.2. The number of rotatable bonds is 5. The summed E-state index contributed by atoms with van der Waals surface area (Å²) in [6.07, 6.45) is 7.82. The van der Waals surface area contributed by atoms with Crippen LogP contribution in [0.15, 0.2) is 46.8 Å². The molecule has 0 aromatic heterocycles. The number of allylic oxidation sites excluding steroid dienone is 4. The van der Waals surface area contributed by atoms with Crippen LogP contribution in [-0.4, -0.2) is 36.8 Å². The van der Waals surface area contributed by atoms with Gasteiger partial charge < -0.3 is 14.8 Å². The molecule has 0 spiro atoms. The van der Waals surface area contributed by atoms with Crippen molar-refractivity contribution in [2.24, 2.45) is 5.92 Å². The number of dihydropyridines is 1. The number of halogens is 1. The maximum absolute atomic E-state index is 12.6. The van der Waals surface area contributed by atoms with E-state index in [0.717, 1.165) is 5.57 Å². The third kappa shape index (κ3) is 3.70. The van der Waals surface area contributed by atoms with Gasteiger partial charge in [0.1, 0.15) is 0 Å². The SMILES string of the molecule is CCOC(=O)C1=C(CS)NC=C(C(=O)OC)C1C1=CC=CCC1Cl. The number of thiol groups is 1. The quantitative estimate of drug-likeness (QED) is 0.443. The van der Waals surface area contributed by atoms with Gasteiger partial charge in [0.25, 0.3) is 0 Å². The molecular formula is C17H20ClNO4S. The summed E-state index contributed by atoms with van der Waals surface area (Å²) in [6.45, 7) is 1.96. The molecule has 0 amide bonds. The van der Waals surface area contributed by atoms with Crippen LogP contribution in [0.5, 0.6) is 0 Å². The van der Waals surface area contributed by atoms with E-state index in [2.05, 4.69) is 17.9 Å². The summed E-state index contributed by atoms with van der Waals surface area (Å²) in [5.74, 6) is -1.34. The molecule has 0 fully saturated rings. The third-order valence-corrected chi connectivity index (χ3v) is 4.61. The van der Waals surface area contributed by atoms with Gasteiger partial charge in [-0.2, -0.15) is 12.6 Å². The van der Waals surface area contributed by atoms with E-state index in [1.807, 2.05) is 18.2 Å². The van der Waals surface area contributed by atoms with Crippen molar-refractivity contribution in [3.8, 4) is 0 Å². The zero-order valence-electron chi connectivity index (χ0n) is 13.5. The van der Waals surface area contributed by atoms with Crippen molar-refractivity contribution in [3.05, 3.63) is 46.8 Å². The van der Waals surface area contributed by atoms with Crippen molar-refractivity contribution in [1.29, 1.82) is 0 Å². The standard InChI is InChI=1S/C17H20ClNO4S/c1-3-23-17(21)15-13(9-24)19-8-11(16(20)22-2)14(15)10-6-4-5-7-12(10)18/h4-6,8,12,14,19,24H,3,7,9H2,1-2H3. The maximum atomic E-state index is 12.6. The minimum absolute atomic E-state index is 0.232. The second kappa shape index (κ2) is 8.44. The summed E-state index contributed by atoms with van der Waals surface area (Å²) in [5.41, 5.74) is 2.02. The molecule has 0 aromatic rings. The summed E-state index contributed by atoms with van der Waals surface area (Å²) in [5, 5.41) is 2.64. The first-order chi connectivity index (χ1) is 11.5. The lowest BCUT2D eigenvalue weighted by Crippen LogP contribution is -2.35. The lowest BCUT2D eigenvalue weighted by Gasteiger charge is -2.32. The zero-order chi connectivity index (χ0) is 17.7. The van der Waals surface area contributed by atoms with Crippen LogP contribution < -0.4 is 5.32 Å². The molecule has 0 bridgehead atoms. The smallest absolute Gasteiger partial charge is 0.336 e. The first kappa shape index (κ1) is 18.7. The summed E-state index contributed by atoms with van der Waals surface area (Å²) < 4.78 is 10.1. The molecular weight excluding hydrogens is 350 g/mol. The number of nitrogens with one attached hydrogen (secondary N) is 1. The molecule has 0 saturated heterocycles. The van der Waals surface area contributed by atoms with E-state index >= 15 is 0 Å². The fourth-order valence-corrected chi connectivity index (χ4v) is 3.34. The highest BCUT2D eigenvalue weighted by molar-refractivity contribution is 7.80. The van der Waals surface area contributed by atoms with E-state index in [-0.39, 0.29) is 12.0 Å². The van der Waals surface area contributed by atoms with Gasteiger partial charge >= 0.3 is 11.9 Å². The van der Waals surface area contributed by atoms with Crippen LogP contribution in [0, 0.1) is 5.92 Å². The molecule has 0 saturated carbocycles. The van der Waals surface area contributed by atoms with Crippen LogP contribution in [0.1, 0.15) is 13.3 Å². The Morgan fingerprint density at radius 1 is 1.42 bits per heavy atom. The Balaban J connectivity index is 2.58. The number of hydrogen-bond donors (Lipinski definition) is 2. The highest BCUT2D eigenvalue weighted by Gasteiger charge is 2.39. The monoisotopic (exact) mass is 369 g/mol. The highest BCUT2D eigenvalue weighted by atomic mass is 35.5. The van der Waals surface area contributed by atoms with Crippen LogP contribution >= 0.6 is 24.2 Å². The Hall–Kier alpha value is -1.66. The van der Waals surface area contributed by atoms with Gasteiger partial charge in [0.15, 0.2) is 0 Å². The number of alkyl halides is 1. The molecule has 1 heterocycles. The van der Waals surface area contributed by atoms with Gasteiger partial charge in [-0.1, -0.05) is 18.2 Å². The van der Waals surface area contributed by atoms with Gasteiger partial charge in [-0.25, -0.2) is 9.59 Å². The van der Waals surface area contributed by atoms with Crippen LogP contribution in [-0.2, 0) is 19.1 Å². The molecule has 2 rings (SSSR count). The minimum Gasteiger partial charge on any atom is -0.466 e. The van der Waals surface area contributed by atoms with Crippen molar-refractivity contribution in [1.82, 2.24) is 5.32 Å². The molecule has 1 aliphatic heterocycles. The first-order valence-corrected chi connectivity index (χ1v) is 8.68. The molecule has 1 N–H and O–H groups in total. The summed E-state index contributed by atoms with van der Waals surface area (Å²) in [4.78, 5) is 24.8. The van der Waals surface area contributed by atoms with Gasteiger partial charge in [-0.3, -0.25) is 0 Å².